The second kappa shape index (κ2) is 36.3. The van der Waals surface area contributed by atoms with E-state index < -0.39 is 55.4 Å². The fourth-order valence-corrected chi connectivity index (χ4v) is 13.6. The molecule has 0 bridgehead atoms. The topological polar surface area (TPSA) is 231 Å². The second-order valence-electron chi connectivity index (χ2n) is 28.5. The molecule has 10 aromatic carbocycles. The number of hydrogen-bond donors (Lipinski definition) is 4. The summed E-state index contributed by atoms with van der Waals surface area (Å²) in [5.41, 5.74) is 24.2. The van der Waals surface area contributed by atoms with Gasteiger partial charge in [0.05, 0.1) is 43.6 Å². The zero-order valence-electron chi connectivity index (χ0n) is 62.1. The smallest absolute Gasteiger partial charge is 0.748 e. The summed E-state index contributed by atoms with van der Waals surface area (Å²) in [5.74, 6) is -3.71. The Bertz CT molecular complexity index is 4510. The molecule has 14 nitrogen and oxygen atoms in total. The molecule has 0 saturated heterocycles. The maximum absolute atomic E-state index is 14.0. The molecule has 104 heavy (non-hydrogen) atoms. The quantitative estimate of drug-likeness (QED) is 0.0370. The van der Waals surface area contributed by atoms with Gasteiger partial charge in [0.2, 0.25) is 11.8 Å². The van der Waals surface area contributed by atoms with E-state index in [1.165, 1.54) is 55.6 Å². The first kappa shape index (κ1) is 83.2. The molecule has 4 N–H and O–H groups in total. The van der Waals surface area contributed by atoms with Crippen LogP contribution in [0.2, 0.25) is 0 Å². The molecule has 0 aliphatic rings. The third-order valence-electron chi connectivity index (χ3n) is 18.3. The molecular formula is C86H90N4Na2O10S2. The van der Waals surface area contributed by atoms with Gasteiger partial charge in [-0.1, -0.05) is 223 Å². The Morgan fingerprint density at radius 1 is 0.365 bits per heavy atom. The van der Waals surface area contributed by atoms with Crippen molar-refractivity contribution >= 4 is 55.2 Å². The van der Waals surface area contributed by atoms with Crippen molar-refractivity contribution in [2.24, 2.45) is 0 Å². The Hall–Kier alpha value is -8.10. The normalized spacial score (nSPS) is 12.1. The molecule has 0 aliphatic carbocycles. The summed E-state index contributed by atoms with van der Waals surface area (Å²) < 4.78 is 65.3. The summed E-state index contributed by atoms with van der Waals surface area (Å²) in [6.45, 7) is 25.3. The van der Waals surface area contributed by atoms with E-state index in [1.807, 2.05) is 97.1 Å². The SMILES string of the molecule is Cc1cc(C)c(-c2ccc(NC(=O)[C@H](Cc3ccc(C(=O)NCCS(=O)(=O)[O-])cc3)c3ccc(-c4ccc(C(C)(C)C)cc4)cc3)cc2)c(C)c1.Cc1cc(C)c(-c2ccc(NC(=O)[C@H](Cc3ccc(C(=O)NCCS(=O)(=O)[O-])cc3)c3ccc(-c4ccc(C(C)(C)C)cc4)cc3)cc2)c(C)c1.[Na+].[Na+]. The Morgan fingerprint density at radius 2 is 0.625 bits per heavy atom. The summed E-state index contributed by atoms with van der Waals surface area (Å²) in [6, 6.07) is 71.5. The van der Waals surface area contributed by atoms with Gasteiger partial charge in [-0.3, -0.25) is 19.2 Å². The predicted molar refractivity (Wildman–Crippen MR) is 410 cm³/mol. The minimum Gasteiger partial charge on any atom is -0.748 e. The molecule has 0 saturated carbocycles. The van der Waals surface area contributed by atoms with E-state index >= 15 is 0 Å². The summed E-state index contributed by atoms with van der Waals surface area (Å²) in [5, 5.41) is 11.2. The van der Waals surface area contributed by atoms with E-state index in [0.29, 0.717) is 35.3 Å². The van der Waals surface area contributed by atoms with Crippen molar-refractivity contribution in [3.8, 4) is 44.5 Å². The summed E-state index contributed by atoms with van der Waals surface area (Å²) in [6.07, 6.45) is 0.753. The van der Waals surface area contributed by atoms with Crippen molar-refractivity contribution < 1.29 is 104 Å². The van der Waals surface area contributed by atoms with Gasteiger partial charge in [0, 0.05) is 35.6 Å². The van der Waals surface area contributed by atoms with E-state index in [1.54, 1.807) is 48.5 Å². The third kappa shape index (κ3) is 23.4. The van der Waals surface area contributed by atoms with Crippen LogP contribution in [0.1, 0.15) is 141 Å². The van der Waals surface area contributed by atoms with E-state index in [9.17, 15) is 45.1 Å². The van der Waals surface area contributed by atoms with E-state index in [2.05, 4.69) is 177 Å². The van der Waals surface area contributed by atoms with Crippen molar-refractivity contribution in [2.75, 3.05) is 35.2 Å². The van der Waals surface area contributed by atoms with Crippen molar-refractivity contribution in [1.82, 2.24) is 10.6 Å². The number of carbonyl (C=O) groups is 4. The zero-order chi connectivity index (χ0) is 73.8. The van der Waals surface area contributed by atoms with Gasteiger partial charge in [0.1, 0.15) is 0 Å². The largest absolute Gasteiger partial charge is 1.00 e. The minimum atomic E-state index is -4.43. The standard InChI is InChI=1S/2C43H46N2O5S.2Na/c2*1-28-25-29(2)40(30(3)26-28)35-17-21-38(22-18-35)45-42(47)39(27-31-7-9-36(10-8-31)41(46)44-23-24-51(48,49)50)34-13-11-32(12-14-34)33-15-19-37(20-16-33)43(4,5)6;;/h2*7-22,25-26,39H,23-24,27H2,1-6H3,(H,44,46)(H,45,47)(H,48,49,50);;/q;;2*+1/p-2/t2*39-;;/m11../s1. The van der Waals surface area contributed by atoms with Crippen LogP contribution in [0, 0.1) is 41.5 Å². The first-order chi connectivity index (χ1) is 48.1. The Labute approximate surface area is 658 Å². The summed E-state index contributed by atoms with van der Waals surface area (Å²) in [7, 11) is -8.86. The fourth-order valence-electron chi connectivity index (χ4n) is 12.9. The van der Waals surface area contributed by atoms with Crippen LogP contribution in [0.15, 0.2) is 218 Å². The monoisotopic (exact) mass is 1450 g/mol. The molecule has 2 atom stereocenters. The van der Waals surface area contributed by atoms with Crippen molar-refractivity contribution in [1.29, 1.82) is 0 Å². The predicted octanol–water partition coefficient (Wildman–Crippen LogP) is 11.0. The van der Waals surface area contributed by atoms with Gasteiger partial charge in [0.15, 0.2) is 0 Å². The van der Waals surface area contributed by atoms with Gasteiger partial charge >= 0.3 is 59.1 Å². The average Bonchev–Trinajstić information content (AvgIpc) is 0.820. The molecule has 0 radical (unpaired) electrons. The number of aryl methyl sites for hydroxylation is 6. The molecule has 0 aliphatic heterocycles. The maximum Gasteiger partial charge on any atom is 1.00 e. The molecule has 18 heteroatoms. The Morgan fingerprint density at radius 3 is 0.885 bits per heavy atom. The van der Waals surface area contributed by atoms with Gasteiger partial charge < -0.3 is 30.4 Å². The molecule has 10 rings (SSSR count). The van der Waals surface area contributed by atoms with E-state index in [4.69, 9.17) is 0 Å². The number of carbonyl (C=O) groups excluding carboxylic acids is 4. The molecule has 10 aromatic rings. The minimum absolute atomic E-state index is 0. The second-order valence-corrected chi connectivity index (χ2v) is 31.6. The number of anilines is 2. The number of rotatable bonds is 22. The van der Waals surface area contributed by atoms with Crippen LogP contribution in [0.4, 0.5) is 11.4 Å². The first-order valence-electron chi connectivity index (χ1n) is 34.2. The molecular weight excluding hydrogens is 1360 g/mol. The van der Waals surface area contributed by atoms with E-state index in [0.717, 1.165) is 55.6 Å². The molecule has 528 valence electrons. The molecule has 0 aromatic heterocycles. The van der Waals surface area contributed by atoms with Gasteiger partial charge in [-0.25, -0.2) is 16.8 Å². The van der Waals surface area contributed by atoms with Crippen LogP contribution in [0.3, 0.4) is 0 Å². The van der Waals surface area contributed by atoms with Gasteiger partial charge in [-0.15, -0.1) is 0 Å². The average molecular weight is 1450 g/mol. The number of benzene rings is 10. The van der Waals surface area contributed by atoms with Crippen molar-refractivity contribution in [3.63, 3.8) is 0 Å². The summed E-state index contributed by atoms with van der Waals surface area (Å²) >= 11 is 0. The van der Waals surface area contributed by atoms with Crippen LogP contribution < -0.4 is 80.4 Å². The van der Waals surface area contributed by atoms with Crippen LogP contribution in [-0.2, 0) is 53.5 Å². The van der Waals surface area contributed by atoms with Gasteiger partial charge in [-0.05, 0) is 214 Å². The van der Waals surface area contributed by atoms with Gasteiger partial charge in [-0.2, -0.15) is 0 Å². The number of hydrogen-bond acceptors (Lipinski definition) is 10. The fraction of sp³-hybridized carbons (Fsp3) is 0.256. The first-order valence-corrected chi connectivity index (χ1v) is 37.3. The van der Waals surface area contributed by atoms with Crippen LogP contribution in [0.5, 0.6) is 0 Å². The molecule has 0 spiro atoms. The van der Waals surface area contributed by atoms with E-state index in [-0.39, 0.29) is 94.8 Å². The van der Waals surface area contributed by atoms with Crippen LogP contribution in [0.25, 0.3) is 44.5 Å². The zero-order valence-corrected chi connectivity index (χ0v) is 67.7. The Kier molecular flexibility index (Phi) is 29.0. The van der Waals surface area contributed by atoms with Crippen molar-refractivity contribution in [3.05, 3.63) is 296 Å². The molecule has 4 amide bonds. The maximum atomic E-state index is 14.0. The number of nitrogens with one attached hydrogen (secondary N) is 4. The van der Waals surface area contributed by atoms with Crippen molar-refractivity contribution in [2.45, 2.75) is 119 Å². The van der Waals surface area contributed by atoms with Crippen LogP contribution >= 0.6 is 0 Å². The molecule has 0 unspecified atom stereocenters. The third-order valence-corrected chi connectivity index (χ3v) is 19.7. The van der Waals surface area contributed by atoms with Crippen LogP contribution in [-0.4, -0.2) is 74.2 Å². The Balaban J connectivity index is 0.000000285. The van der Waals surface area contributed by atoms with Gasteiger partial charge in [0.25, 0.3) is 11.8 Å². The molecule has 0 fully saturated rings. The molecule has 0 heterocycles. The summed E-state index contributed by atoms with van der Waals surface area (Å²) in [4.78, 5) is 53.1. The number of amides is 4.